The first-order valence-corrected chi connectivity index (χ1v) is 10.2. The van der Waals surface area contributed by atoms with E-state index in [-0.39, 0.29) is 11.9 Å². The van der Waals surface area contributed by atoms with Crippen LogP contribution < -0.4 is 10.1 Å². The average Bonchev–Trinajstić information content (AvgIpc) is 3.35. The zero-order chi connectivity index (χ0) is 21.6. The van der Waals surface area contributed by atoms with Crippen LogP contribution in [0, 0.1) is 0 Å². The Morgan fingerprint density at radius 2 is 1.87 bits per heavy atom. The predicted molar refractivity (Wildman–Crippen MR) is 115 cm³/mol. The highest BCUT2D eigenvalue weighted by atomic mass is 16.5. The van der Waals surface area contributed by atoms with E-state index in [0.29, 0.717) is 43.5 Å². The summed E-state index contributed by atoms with van der Waals surface area (Å²) in [6.07, 6.45) is 3.97. The van der Waals surface area contributed by atoms with Crippen LogP contribution >= 0.6 is 0 Å². The number of hydrogen-bond acceptors (Lipinski definition) is 5. The molecule has 0 radical (unpaired) electrons. The van der Waals surface area contributed by atoms with Crippen molar-refractivity contribution in [1.82, 2.24) is 14.8 Å². The van der Waals surface area contributed by atoms with Crippen molar-refractivity contribution in [3.8, 4) is 11.6 Å². The van der Waals surface area contributed by atoms with E-state index < -0.39 is 0 Å². The molecule has 1 aliphatic rings. The van der Waals surface area contributed by atoms with Crippen molar-refractivity contribution in [2.45, 2.75) is 13.3 Å². The van der Waals surface area contributed by atoms with Crippen molar-refractivity contribution in [2.24, 2.45) is 0 Å². The first kappa shape index (κ1) is 20.5. The monoisotopic (exact) mass is 420 g/mol. The minimum Gasteiger partial charge on any atom is -0.459 e. The lowest BCUT2D eigenvalue weighted by Gasteiger charge is -2.34. The third kappa shape index (κ3) is 5.03. The van der Waals surface area contributed by atoms with Gasteiger partial charge in [-0.2, -0.15) is 0 Å². The van der Waals surface area contributed by atoms with Crippen molar-refractivity contribution in [1.29, 1.82) is 0 Å². The molecule has 1 fully saturated rings. The van der Waals surface area contributed by atoms with Gasteiger partial charge < -0.3 is 24.3 Å². The normalized spacial score (nSPS) is 13.7. The Morgan fingerprint density at radius 1 is 1.06 bits per heavy atom. The van der Waals surface area contributed by atoms with Crippen molar-refractivity contribution >= 4 is 17.6 Å². The van der Waals surface area contributed by atoms with Gasteiger partial charge in [-0.3, -0.25) is 4.79 Å². The molecule has 3 amide bonds. The maximum absolute atomic E-state index is 12.6. The zero-order valence-corrected chi connectivity index (χ0v) is 17.3. The summed E-state index contributed by atoms with van der Waals surface area (Å²) in [6.45, 7) is 3.89. The summed E-state index contributed by atoms with van der Waals surface area (Å²) in [7, 11) is 0. The first-order chi connectivity index (χ1) is 15.1. The topological polar surface area (TPSA) is 87.9 Å². The van der Waals surface area contributed by atoms with Crippen molar-refractivity contribution in [3.63, 3.8) is 0 Å². The molecular weight excluding hydrogens is 396 g/mol. The molecule has 8 heteroatoms. The van der Waals surface area contributed by atoms with Gasteiger partial charge in [-0.05, 0) is 42.3 Å². The second kappa shape index (κ2) is 9.34. The second-order valence-corrected chi connectivity index (χ2v) is 7.17. The molecule has 1 aliphatic heterocycles. The Balaban J connectivity index is 1.28. The molecule has 0 bridgehead atoms. The fraction of sp³-hybridized carbons (Fsp3) is 0.261. The molecule has 1 N–H and O–H groups in total. The van der Waals surface area contributed by atoms with Crippen LogP contribution in [0.5, 0.6) is 11.6 Å². The van der Waals surface area contributed by atoms with Gasteiger partial charge in [0.05, 0.1) is 18.1 Å². The van der Waals surface area contributed by atoms with Gasteiger partial charge in [-0.1, -0.05) is 19.1 Å². The quantitative estimate of drug-likeness (QED) is 0.674. The Labute approximate surface area is 180 Å². The summed E-state index contributed by atoms with van der Waals surface area (Å²) in [5.41, 5.74) is 1.76. The predicted octanol–water partition coefficient (Wildman–Crippen LogP) is 4.02. The summed E-state index contributed by atoms with van der Waals surface area (Å²) < 4.78 is 10.9. The molecule has 0 atom stereocenters. The van der Waals surface area contributed by atoms with E-state index >= 15 is 0 Å². The fourth-order valence-electron chi connectivity index (χ4n) is 3.34. The molecule has 0 spiro atoms. The number of ether oxygens (including phenoxy) is 1. The van der Waals surface area contributed by atoms with Crippen LogP contribution in [-0.2, 0) is 6.42 Å². The van der Waals surface area contributed by atoms with Crippen LogP contribution in [0.4, 0.5) is 10.5 Å². The molecule has 2 aromatic heterocycles. The number of nitrogens with one attached hydrogen (secondary N) is 1. The van der Waals surface area contributed by atoms with Crippen molar-refractivity contribution in [3.05, 3.63) is 72.3 Å². The Bertz CT molecular complexity index is 1030. The highest BCUT2D eigenvalue weighted by molar-refractivity contribution is 5.92. The third-order valence-electron chi connectivity index (χ3n) is 5.10. The van der Waals surface area contributed by atoms with Gasteiger partial charge in [0.25, 0.3) is 5.91 Å². The largest absolute Gasteiger partial charge is 0.459 e. The molecule has 8 nitrogen and oxygen atoms in total. The van der Waals surface area contributed by atoms with Gasteiger partial charge in [0.2, 0.25) is 5.88 Å². The van der Waals surface area contributed by atoms with Gasteiger partial charge in [0, 0.05) is 32.2 Å². The first-order valence-electron chi connectivity index (χ1n) is 10.2. The Hall–Kier alpha value is -3.81. The van der Waals surface area contributed by atoms with E-state index in [2.05, 4.69) is 17.2 Å². The number of rotatable bonds is 5. The molecule has 0 saturated carbocycles. The maximum atomic E-state index is 12.6. The summed E-state index contributed by atoms with van der Waals surface area (Å²) in [5.74, 6) is 1.34. The molecule has 31 heavy (non-hydrogen) atoms. The minimum atomic E-state index is -0.226. The van der Waals surface area contributed by atoms with E-state index in [1.165, 1.54) is 11.8 Å². The summed E-state index contributed by atoms with van der Waals surface area (Å²) in [5, 5.41) is 2.84. The fourth-order valence-corrected chi connectivity index (χ4v) is 3.34. The number of piperazine rings is 1. The summed E-state index contributed by atoms with van der Waals surface area (Å²) >= 11 is 0. The molecule has 1 aromatic carbocycles. The molecule has 1 saturated heterocycles. The van der Waals surface area contributed by atoms with Crippen LogP contribution in [0.15, 0.2) is 65.4 Å². The zero-order valence-electron chi connectivity index (χ0n) is 17.3. The van der Waals surface area contributed by atoms with Gasteiger partial charge in [0.1, 0.15) is 5.75 Å². The van der Waals surface area contributed by atoms with E-state index in [4.69, 9.17) is 9.15 Å². The molecule has 3 aromatic rings. The van der Waals surface area contributed by atoms with Crippen LogP contribution in [0.3, 0.4) is 0 Å². The second-order valence-electron chi connectivity index (χ2n) is 7.17. The molecule has 0 unspecified atom stereocenters. The molecular formula is C23H24N4O4. The SMILES string of the molecule is CCc1cccc(Oc2ccc(NC(=O)N3CCN(C(=O)c4ccco4)CC3)cn2)c1. The lowest BCUT2D eigenvalue weighted by Crippen LogP contribution is -2.51. The molecule has 160 valence electrons. The highest BCUT2D eigenvalue weighted by Crippen LogP contribution is 2.22. The van der Waals surface area contributed by atoms with Gasteiger partial charge in [-0.25, -0.2) is 9.78 Å². The van der Waals surface area contributed by atoms with Crippen molar-refractivity contribution in [2.75, 3.05) is 31.5 Å². The number of anilines is 1. The third-order valence-corrected chi connectivity index (χ3v) is 5.10. The number of furan rings is 1. The summed E-state index contributed by atoms with van der Waals surface area (Å²) in [4.78, 5) is 32.5. The molecule has 3 heterocycles. The van der Waals surface area contributed by atoms with Crippen LogP contribution in [0.1, 0.15) is 23.0 Å². The number of carbonyl (C=O) groups is 2. The van der Waals surface area contributed by atoms with Crippen molar-refractivity contribution < 1.29 is 18.7 Å². The number of nitrogens with zero attached hydrogens (tertiary/aromatic N) is 3. The number of benzene rings is 1. The highest BCUT2D eigenvalue weighted by Gasteiger charge is 2.26. The van der Waals surface area contributed by atoms with Gasteiger partial charge >= 0.3 is 6.03 Å². The number of carbonyl (C=O) groups excluding carboxylic acids is 2. The number of hydrogen-bond donors (Lipinski definition) is 1. The van der Waals surface area contributed by atoms with Gasteiger partial charge in [0.15, 0.2) is 5.76 Å². The lowest BCUT2D eigenvalue weighted by molar-refractivity contribution is 0.0640. The van der Waals surface area contributed by atoms with E-state index in [9.17, 15) is 9.59 Å². The summed E-state index contributed by atoms with van der Waals surface area (Å²) in [6, 6.07) is 14.4. The van der Waals surface area contributed by atoms with Crippen LogP contribution in [0.2, 0.25) is 0 Å². The average molecular weight is 420 g/mol. The number of pyridine rings is 1. The van der Waals surface area contributed by atoms with Gasteiger partial charge in [-0.15, -0.1) is 0 Å². The Kier molecular flexibility index (Phi) is 6.16. The number of aromatic nitrogens is 1. The molecule has 4 rings (SSSR count). The lowest BCUT2D eigenvalue weighted by atomic mass is 10.2. The van der Waals surface area contributed by atoms with E-state index in [1.807, 2.05) is 24.3 Å². The Morgan fingerprint density at radius 3 is 2.55 bits per heavy atom. The number of urea groups is 1. The number of aryl methyl sites for hydroxylation is 1. The van der Waals surface area contributed by atoms with Crippen LogP contribution in [-0.4, -0.2) is 52.9 Å². The van der Waals surface area contributed by atoms with Crippen LogP contribution in [0.25, 0.3) is 0 Å². The smallest absolute Gasteiger partial charge is 0.322 e. The van der Waals surface area contributed by atoms with E-state index in [0.717, 1.165) is 12.2 Å². The van der Waals surface area contributed by atoms with E-state index in [1.54, 1.807) is 40.3 Å². The number of amides is 3. The maximum Gasteiger partial charge on any atom is 0.322 e. The standard InChI is InChI=1S/C23H24N4O4/c1-2-17-5-3-6-19(15-17)31-21-9-8-18(16-24-21)25-23(29)27-12-10-26(11-13-27)22(28)20-7-4-14-30-20/h3-9,14-16H,2,10-13H2,1H3,(H,25,29). The minimum absolute atomic E-state index is 0.158. The molecule has 0 aliphatic carbocycles.